The number of hydrogen-bond donors (Lipinski definition) is 2. The lowest BCUT2D eigenvalue weighted by molar-refractivity contribution is -0.114. The molecule has 32 heavy (non-hydrogen) atoms. The Balaban J connectivity index is 1.39. The highest BCUT2D eigenvalue weighted by Gasteiger charge is 2.27. The van der Waals surface area contributed by atoms with Crippen LogP contribution in [0.5, 0.6) is 0 Å². The van der Waals surface area contributed by atoms with Crippen LogP contribution in [0.25, 0.3) is 16.7 Å². The van der Waals surface area contributed by atoms with E-state index in [1.165, 1.54) is 0 Å². The van der Waals surface area contributed by atoms with Crippen LogP contribution in [-0.4, -0.2) is 54.9 Å². The SMILES string of the molecule is CN1CCN(c2ccc(N/C=C3\C(=O)NC(=O)c4ccc(-c5ccoc5)cc43)nc2)CC1. The number of nitrogens with zero attached hydrogens (tertiary/aromatic N) is 3. The van der Waals surface area contributed by atoms with Crippen molar-refractivity contribution >= 4 is 28.9 Å². The molecule has 2 N–H and O–H groups in total. The van der Waals surface area contributed by atoms with Gasteiger partial charge in [-0.05, 0) is 42.9 Å². The molecule has 162 valence electrons. The highest BCUT2D eigenvalue weighted by Crippen LogP contribution is 2.30. The van der Waals surface area contributed by atoms with Crippen LogP contribution in [-0.2, 0) is 4.79 Å². The van der Waals surface area contributed by atoms with Gasteiger partial charge in [0.25, 0.3) is 11.8 Å². The monoisotopic (exact) mass is 429 g/mol. The van der Waals surface area contributed by atoms with Gasteiger partial charge in [0, 0.05) is 49.1 Å². The van der Waals surface area contributed by atoms with Gasteiger partial charge in [0.2, 0.25) is 0 Å². The largest absolute Gasteiger partial charge is 0.472 e. The summed E-state index contributed by atoms with van der Waals surface area (Å²) in [6, 6.07) is 11.1. The third-order valence-electron chi connectivity index (χ3n) is 5.86. The maximum atomic E-state index is 12.6. The van der Waals surface area contributed by atoms with Gasteiger partial charge in [0.1, 0.15) is 5.82 Å². The topological polar surface area (TPSA) is 90.7 Å². The molecule has 0 atom stereocenters. The molecule has 2 amide bonds. The third kappa shape index (κ3) is 3.88. The number of aromatic nitrogens is 1. The van der Waals surface area contributed by atoms with Gasteiger partial charge in [-0.1, -0.05) is 6.07 Å². The fourth-order valence-corrected chi connectivity index (χ4v) is 3.95. The minimum Gasteiger partial charge on any atom is -0.472 e. The van der Waals surface area contributed by atoms with Gasteiger partial charge in [-0.25, -0.2) is 4.98 Å². The zero-order chi connectivity index (χ0) is 22.1. The Morgan fingerprint density at radius 2 is 1.84 bits per heavy atom. The van der Waals surface area contributed by atoms with Crippen molar-refractivity contribution in [3.63, 3.8) is 0 Å². The van der Waals surface area contributed by atoms with E-state index in [-0.39, 0.29) is 0 Å². The van der Waals surface area contributed by atoms with Crippen molar-refractivity contribution in [2.45, 2.75) is 0 Å². The number of fused-ring (bicyclic) bond motifs is 1. The molecule has 0 unspecified atom stereocenters. The summed E-state index contributed by atoms with van der Waals surface area (Å²) >= 11 is 0. The predicted molar refractivity (Wildman–Crippen MR) is 122 cm³/mol. The van der Waals surface area contributed by atoms with Crippen LogP contribution in [0, 0.1) is 0 Å². The molecule has 8 heteroatoms. The first-order valence-corrected chi connectivity index (χ1v) is 10.5. The first kappa shape index (κ1) is 20.0. The van der Waals surface area contributed by atoms with Crippen molar-refractivity contribution < 1.29 is 14.0 Å². The number of anilines is 2. The Kier molecular flexibility index (Phi) is 5.20. The Morgan fingerprint density at radius 3 is 2.56 bits per heavy atom. The molecule has 5 rings (SSSR count). The molecular formula is C24H23N5O3. The molecule has 0 spiro atoms. The van der Waals surface area contributed by atoms with Crippen LogP contribution in [0.1, 0.15) is 15.9 Å². The predicted octanol–water partition coefficient (Wildman–Crippen LogP) is 2.82. The summed E-state index contributed by atoms with van der Waals surface area (Å²) in [5.41, 5.74) is 4.20. The van der Waals surface area contributed by atoms with E-state index < -0.39 is 11.8 Å². The minimum absolute atomic E-state index is 0.370. The van der Waals surface area contributed by atoms with Crippen LogP contribution in [0.15, 0.2) is 65.7 Å². The van der Waals surface area contributed by atoms with Crippen LogP contribution in [0.2, 0.25) is 0 Å². The van der Waals surface area contributed by atoms with E-state index in [4.69, 9.17) is 4.42 Å². The van der Waals surface area contributed by atoms with E-state index >= 15 is 0 Å². The molecule has 2 aromatic heterocycles. The highest BCUT2D eigenvalue weighted by atomic mass is 16.3. The number of pyridine rings is 1. The summed E-state index contributed by atoms with van der Waals surface area (Å²) in [6.07, 6.45) is 6.64. The summed E-state index contributed by atoms with van der Waals surface area (Å²) in [4.78, 5) is 34.0. The van der Waals surface area contributed by atoms with E-state index in [0.717, 1.165) is 43.0 Å². The van der Waals surface area contributed by atoms with Gasteiger partial charge in [-0.2, -0.15) is 0 Å². The van der Waals surface area contributed by atoms with Crippen LogP contribution in [0.3, 0.4) is 0 Å². The summed E-state index contributed by atoms with van der Waals surface area (Å²) < 4.78 is 5.16. The van der Waals surface area contributed by atoms with Crippen molar-refractivity contribution in [3.05, 3.63) is 72.4 Å². The highest BCUT2D eigenvalue weighted by molar-refractivity contribution is 6.31. The van der Waals surface area contributed by atoms with Gasteiger partial charge in [0.15, 0.2) is 0 Å². The lowest BCUT2D eigenvalue weighted by Crippen LogP contribution is -2.44. The fraction of sp³-hybridized carbons (Fsp3) is 0.208. The third-order valence-corrected chi connectivity index (χ3v) is 5.86. The molecule has 1 fully saturated rings. The number of piperazine rings is 1. The molecule has 0 aliphatic carbocycles. The van der Waals surface area contributed by atoms with Crippen molar-refractivity contribution in [2.24, 2.45) is 0 Å². The van der Waals surface area contributed by atoms with Gasteiger partial charge >= 0.3 is 0 Å². The zero-order valence-corrected chi connectivity index (χ0v) is 17.7. The van der Waals surface area contributed by atoms with Crippen molar-refractivity contribution in [1.82, 2.24) is 15.2 Å². The molecule has 1 aromatic carbocycles. The molecule has 2 aliphatic rings. The summed E-state index contributed by atoms with van der Waals surface area (Å²) in [5, 5.41) is 5.50. The van der Waals surface area contributed by atoms with Gasteiger partial charge in [0.05, 0.1) is 30.0 Å². The first-order chi connectivity index (χ1) is 15.6. The van der Waals surface area contributed by atoms with Gasteiger partial charge in [-0.15, -0.1) is 0 Å². The number of benzene rings is 1. The lowest BCUT2D eigenvalue weighted by Gasteiger charge is -2.33. The first-order valence-electron chi connectivity index (χ1n) is 10.5. The van der Waals surface area contributed by atoms with Crippen molar-refractivity contribution in [3.8, 4) is 11.1 Å². The number of carbonyl (C=O) groups is 2. The lowest BCUT2D eigenvalue weighted by atomic mass is 9.92. The number of amides is 2. The maximum absolute atomic E-state index is 12.6. The molecule has 3 aromatic rings. The fourth-order valence-electron chi connectivity index (χ4n) is 3.95. The Hall–Kier alpha value is -3.91. The molecule has 4 heterocycles. The smallest absolute Gasteiger partial charge is 0.260 e. The maximum Gasteiger partial charge on any atom is 0.260 e. The summed E-state index contributed by atoms with van der Waals surface area (Å²) in [7, 11) is 2.13. The molecule has 8 nitrogen and oxygen atoms in total. The number of likely N-dealkylation sites (N-methyl/N-ethyl adjacent to an activating group) is 1. The van der Waals surface area contributed by atoms with Crippen LogP contribution < -0.4 is 15.5 Å². The van der Waals surface area contributed by atoms with E-state index in [1.807, 2.05) is 36.5 Å². The second-order valence-corrected chi connectivity index (χ2v) is 7.95. The number of hydrogen-bond acceptors (Lipinski definition) is 7. The molecular weight excluding hydrogens is 406 g/mol. The van der Waals surface area contributed by atoms with E-state index in [1.54, 1.807) is 24.8 Å². The second-order valence-electron chi connectivity index (χ2n) is 7.95. The Labute approximate surface area is 185 Å². The Morgan fingerprint density at radius 1 is 1.00 bits per heavy atom. The van der Waals surface area contributed by atoms with Crippen molar-refractivity contribution in [1.29, 1.82) is 0 Å². The number of carbonyl (C=O) groups excluding carboxylic acids is 2. The summed E-state index contributed by atoms with van der Waals surface area (Å²) in [5.74, 6) is -0.239. The molecule has 0 saturated carbocycles. The normalized spacial score (nSPS) is 17.9. The number of imide groups is 1. The van der Waals surface area contributed by atoms with Crippen LogP contribution >= 0.6 is 0 Å². The summed E-state index contributed by atoms with van der Waals surface area (Å²) in [6.45, 7) is 4.00. The molecule has 2 aliphatic heterocycles. The molecule has 0 bridgehead atoms. The Bertz CT molecular complexity index is 1180. The zero-order valence-electron chi connectivity index (χ0n) is 17.7. The van der Waals surface area contributed by atoms with Crippen LogP contribution in [0.4, 0.5) is 11.5 Å². The van der Waals surface area contributed by atoms with Crippen molar-refractivity contribution in [2.75, 3.05) is 43.4 Å². The van der Waals surface area contributed by atoms with Gasteiger partial charge < -0.3 is 19.5 Å². The second kappa shape index (κ2) is 8.32. The standard InChI is InChI=1S/C24H23N5O3/c1-28-7-9-29(10-8-28)18-3-5-22(25-13-18)26-14-21-20-12-16(17-6-11-32-15-17)2-4-19(20)23(30)27-24(21)31/h2-6,11-15H,7-10H2,1H3,(H,25,26)(H,27,30,31)/b21-14-. The quantitative estimate of drug-likeness (QED) is 0.487. The van der Waals surface area contributed by atoms with E-state index in [9.17, 15) is 9.59 Å². The average Bonchev–Trinajstić information content (AvgIpc) is 3.35. The average molecular weight is 429 g/mol. The molecule has 0 radical (unpaired) electrons. The van der Waals surface area contributed by atoms with E-state index in [2.05, 4.69) is 32.5 Å². The number of furan rings is 1. The number of rotatable bonds is 4. The van der Waals surface area contributed by atoms with E-state index in [0.29, 0.717) is 22.5 Å². The number of nitrogens with one attached hydrogen (secondary N) is 2. The molecule has 1 saturated heterocycles. The van der Waals surface area contributed by atoms with Gasteiger partial charge in [-0.3, -0.25) is 14.9 Å². The minimum atomic E-state index is -0.451.